The quantitative estimate of drug-likeness (QED) is 0.628. The number of nitrogens with one attached hydrogen (secondary N) is 1. The summed E-state index contributed by atoms with van der Waals surface area (Å²) in [6, 6.07) is 18.0. The molecule has 7 nitrogen and oxygen atoms in total. The van der Waals surface area contributed by atoms with Gasteiger partial charge in [0.2, 0.25) is 0 Å². The number of halogens is 1. The van der Waals surface area contributed by atoms with Crippen molar-refractivity contribution in [2.24, 2.45) is 0 Å². The van der Waals surface area contributed by atoms with Gasteiger partial charge in [-0.25, -0.2) is 9.78 Å². The number of anilines is 3. The summed E-state index contributed by atoms with van der Waals surface area (Å²) in [6.07, 6.45) is 1.49. The van der Waals surface area contributed by atoms with E-state index in [1.807, 2.05) is 23.1 Å². The molecular formula is C23H21ClN4O3. The van der Waals surface area contributed by atoms with E-state index in [-0.39, 0.29) is 11.5 Å². The minimum absolute atomic E-state index is 0.0575. The number of nitrogens with zero attached hydrogens (tertiary/aromatic N) is 3. The van der Waals surface area contributed by atoms with Crippen LogP contribution in [0.5, 0.6) is 0 Å². The summed E-state index contributed by atoms with van der Waals surface area (Å²) in [5.74, 6) is -1.04. The highest BCUT2D eigenvalue weighted by Crippen LogP contribution is 2.25. The Morgan fingerprint density at radius 3 is 2.23 bits per heavy atom. The Morgan fingerprint density at radius 2 is 1.58 bits per heavy atom. The van der Waals surface area contributed by atoms with Gasteiger partial charge in [0, 0.05) is 42.5 Å². The number of carboxylic acids is 1. The maximum Gasteiger partial charge on any atom is 0.339 e. The molecule has 1 fully saturated rings. The number of carbonyl (C=O) groups is 2. The summed E-state index contributed by atoms with van der Waals surface area (Å²) < 4.78 is 0. The van der Waals surface area contributed by atoms with E-state index in [0.717, 1.165) is 18.8 Å². The highest BCUT2D eigenvalue weighted by molar-refractivity contribution is 6.30. The summed E-state index contributed by atoms with van der Waals surface area (Å²) in [5, 5.41) is 13.0. The minimum Gasteiger partial charge on any atom is -0.478 e. The molecular weight excluding hydrogens is 416 g/mol. The number of para-hydroxylation sites is 1. The maximum atomic E-state index is 12.4. The first-order valence-corrected chi connectivity index (χ1v) is 10.2. The number of piperazine rings is 1. The van der Waals surface area contributed by atoms with E-state index < -0.39 is 5.97 Å². The number of pyridine rings is 1. The summed E-state index contributed by atoms with van der Waals surface area (Å²) in [5.41, 5.74) is 1.95. The molecule has 8 heteroatoms. The van der Waals surface area contributed by atoms with Gasteiger partial charge in [0.15, 0.2) is 0 Å². The van der Waals surface area contributed by atoms with Gasteiger partial charge >= 0.3 is 5.97 Å². The van der Waals surface area contributed by atoms with Crippen LogP contribution in [0.1, 0.15) is 20.7 Å². The Labute approximate surface area is 184 Å². The highest BCUT2D eigenvalue weighted by atomic mass is 35.5. The zero-order valence-corrected chi connectivity index (χ0v) is 17.4. The van der Waals surface area contributed by atoms with Crippen molar-refractivity contribution in [1.82, 2.24) is 4.98 Å². The molecule has 0 unspecified atom stereocenters. The predicted octanol–water partition coefficient (Wildman–Crippen LogP) is 4.01. The third kappa shape index (κ3) is 4.78. The van der Waals surface area contributed by atoms with Crippen LogP contribution in [-0.4, -0.2) is 48.1 Å². The van der Waals surface area contributed by atoms with Crippen molar-refractivity contribution in [3.05, 3.63) is 83.0 Å². The van der Waals surface area contributed by atoms with E-state index in [9.17, 15) is 14.7 Å². The molecule has 1 aromatic heterocycles. The van der Waals surface area contributed by atoms with Gasteiger partial charge in [-0.05, 0) is 42.5 Å². The molecule has 1 aliphatic rings. The molecule has 31 heavy (non-hydrogen) atoms. The van der Waals surface area contributed by atoms with E-state index in [1.165, 1.54) is 12.3 Å². The molecule has 0 saturated carbocycles. The second-order valence-corrected chi connectivity index (χ2v) is 7.61. The minimum atomic E-state index is -1.09. The molecule has 158 valence electrons. The predicted molar refractivity (Wildman–Crippen MR) is 121 cm³/mol. The maximum absolute atomic E-state index is 12.4. The van der Waals surface area contributed by atoms with E-state index in [4.69, 9.17) is 11.6 Å². The number of carboxylic acid groups (broad SMARTS) is 1. The third-order valence-corrected chi connectivity index (χ3v) is 5.41. The molecule has 0 aliphatic carbocycles. The van der Waals surface area contributed by atoms with Crippen molar-refractivity contribution in [2.75, 3.05) is 41.3 Å². The van der Waals surface area contributed by atoms with Gasteiger partial charge in [-0.15, -0.1) is 0 Å². The van der Waals surface area contributed by atoms with Crippen LogP contribution in [0.3, 0.4) is 0 Å². The normalized spacial score (nSPS) is 13.7. The summed E-state index contributed by atoms with van der Waals surface area (Å²) in [4.78, 5) is 32.9. The van der Waals surface area contributed by atoms with Gasteiger partial charge in [0.25, 0.3) is 5.91 Å². The number of benzene rings is 2. The Hall–Kier alpha value is -3.58. The van der Waals surface area contributed by atoms with Crippen LogP contribution < -0.4 is 15.1 Å². The van der Waals surface area contributed by atoms with Crippen molar-refractivity contribution < 1.29 is 14.7 Å². The Kier molecular flexibility index (Phi) is 6.04. The molecule has 0 bridgehead atoms. The van der Waals surface area contributed by atoms with Gasteiger partial charge in [-0.3, -0.25) is 4.79 Å². The SMILES string of the molecule is O=C(Nc1cnc(N2CCN(c3ccccc3)CC2)c(C(=O)O)c1)c1ccc(Cl)cc1. The summed E-state index contributed by atoms with van der Waals surface area (Å²) in [6.45, 7) is 2.83. The van der Waals surface area contributed by atoms with Crippen molar-refractivity contribution in [3.8, 4) is 0 Å². The number of hydrogen-bond acceptors (Lipinski definition) is 5. The molecule has 0 radical (unpaired) electrons. The number of rotatable bonds is 5. The fraction of sp³-hybridized carbons (Fsp3) is 0.174. The molecule has 4 rings (SSSR count). The van der Waals surface area contributed by atoms with E-state index >= 15 is 0 Å². The average molecular weight is 437 g/mol. The average Bonchev–Trinajstić information content (AvgIpc) is 2.80. The van der Waals surface area contributed by atoms with Crippen molar-refractivity contribution in [1.29, 1.82) is 0 Å². The standard InChI is InChI=1S/C23H21ClN4O3/c24-17-8-6-16(7-9-17)22(29)26-18-14-20(23(30)31)21(25-15-18)28-12-10-27(11-13-28)19-4-2-1-3-5-19/h1-9,14-15H,10-13H2,(H,26,29)(H,30,31). The van der Waals surface area contributed by atoms with Gasteiger partial charge in [0.05, 0.1) is 11.9 Å². The molecule has 1 amide bonds. The highest BCUT2D eigenvalue weighted by Gasteiger charge is 2.23. The fourth-order valence-corrected chi connectivity index (χ4v) is 3.68. The zero-order valence-electron chi connectivity index (χ0n) is 16.7. The summed E-state index contributed by atoms with van der Waals surface area (Å²) >= 11 is 5.85. The smallest absolute Gasteiger partial charge is 0.339 e. The van der Waals surface area contributed by atoms with E-state index in [2.05, 4.69) is 27.3 Å². The molecule has 2 heterocycles. The van der Waals surface area contributed by atoms with Crippen LogP contribution in [-0.2, 0) is 0 Å². The lowest BCUT2D eigenvalue weighted by molar-refractivity contribution is 0.0696. The van der Waals surface area contributed by atoms with Crippen LogP contribution in [0.2, 0.25) is 5.02 Å². The number of aromatic nitrogens is 1. The lowest BCUT2D eigenvalue weighted by Gasteiger charge is -2.37. The van der Waals surface area contributed by atoms with E-state index in [1.54, 1.807) is 24.3 Å². The van der Waals surface area contributed by atoms with Crippen molar-refractivity contribution in [3.63, 3.8) is 0 Å². The Bertz CT molecular complexity index is 1080. The van der Waals surface area contributed by atoms with Gasteiger partial charge in [-0.2, -0.15) is 0 Å². The number of amides is 1. The molecule has 1 saturated heterocycles. The summed E-state index contributed by atoms with van der Waals surface area (Å²) in [7, 11) is 0. The molecule has 2 aromatic carbocycles. The lowest BCUT2D eigenvalue weighted by Crippen LogP contribution is -2.47. The number of hydrogen-bond donors (Lipinski definition) is 2. The number of aromatic carboxylic acids is 1. The van der Waals surface area contributed by atoms with Gasteiger partial charge in [-0.1, -0.05) is 29.8 Å². The van der Waals surface area contributed by atoms with Crippen molar-refractivity contribution >= 4 is 40.7 Å². The molecule has 0 spiro atoms. The Morgan fingerprint density at radius 1 is 0.935 bits per heavy atom. The van der Waals surface area contributed by atoms with Crippen molar-refractivity contribution in [2.45, 2.75) is 0 Å². The molecule has 2 N–H and O–H groups in total. The largest absolute Gasteiger partial charge is 0.478 e. The monoisotopic (exact) mass is 436 g/mol. The van der Waals surface area contributed by atoms with Crippen LogP contribution in [0.4, 0.5) is 17.2 Å². The molecule has 0 atom stereocenters. The first-order valence-electron chi connectivity index (χ1n) is 9.86. The van der Waals surface area contributed by atoms with Crippen LogP contribution in [0.25, 0.3) is 0 Å². The van der Waals surface area contributed by atoms with Crippen LogP contribution in [0.15, 0.2) is 66.9 Å². The first-order chi connectivity index (χ1) is 15.0. The van der Waals surface area contributed by atoms with Crippen LogP contribution >= 0.6 is 11.6 Å². The first kappa shape index (κ1) is 20.7. The number of carbonyl (C=O) groups excluding carboxylic acids is 1. The van der Waals surface area contributed by atoms with Crippen LogP contribution in [0, 0.1) is 0 Å². The third-order valence-electron chi connectivity index (χ3n) is 5.16. The molecule has 1 aliphatic heterocycles. The van der Waals surface area contributed by atoms with Gasteiger partial charge < -0.3 is 20.2 Å². The second-order valence-electron chi connectivity index (χ2n) is 7.17. The zero-order chi connectivity index (χ0) is 21.8. The molecule has 3 aromatic rings. The van der Waals surface area contributed by atoms with Gasteiger partial charge in [0.1, 0.15) is 11.4 Å². The fourth-order valence-electron chi connectivity index (χ4n) is 3.56. The van der Waals surface area contributed by atoms with E-state index in [0.29, 0.717) is 35.2 Å². The second kappa shape index (κ2) is 9.06. The topological polar surface area (TPSA) is 85.8 Å². The lowest BCUT2D eigenvalue weighted by atomic mass is 10.1. The Balaban J connectivity index is 1.48.